The van der Waals surface area contributed by atoms with Gasteiger partial charge < -0.3 is 10.6 Å². The van der Waals surface area contributed by atoms with Crippen LogP contribution in [0.2, 0.25) is 0 Å². The second-order valence-corrected chi connectivity index (χ2v) is 4.20. The standard InChI is InChI=1S/C8H14N4S.2ClH/c9-5-7-1-3-12(4-2-7)8-11-10-6-13-8;;/h6-7H,1-5,9H2;2*1H. The number of nitrogens with two attached hydrogens (primary N) is 1. The lowest BCUT2D eigenvalue weighted by Crippen LogP contribution is -2.35. The molecule has 0 atom stereocenters. The van der Waals surface area contributed by atoms with Gasteiger partial charge in [-0.25, -0.2) is 0 Å². The van der Waals surface area contributed by atoms with Crippen molar-refractivity contribution in [2.45, 2.75) is 12.8 Å². The first-order chi connectivity index (χ1) is 6.40. The molecule has 4 nitrogen and oxygen atoms in total. The number of hydrogen-bond acceptors (Lipinski definition) is 5. The highest BCUT2D eigenvalue weighted by Crippen LogP contribution is 2.23. The van der Waals surface area contributed by atoms with Gasteiger partial charge in [0.05, 0.1) is 0 Å². The summed E-state index contributed by atoms with van der Waals surface area (Å²) in [7, 11) is 0. The summed E-state index contributed by atoms with van der Waals surface area (Å²) < 4.78 is 0. The minimum absolute atomic E-state index is 0. The number of piperidine rings is 1. The van der Waals surface area contributed by atoms with Crippen molar-refractivity contribution < 1.29 is 0 Å². The molecule has 0 spiro atoms. The Hall–Kier alpha value is -0.100. The summed E-state index contributed by atoms with van der Waals surface area (Å²) in [6, 6.07) is 0. The zero-order chi connectivity index (χ0) is 9.10. The molecule has 1 aromatic rings. The molecule has 0 saturated carbocycles. The molecule has 2 rings (SSSR count). The average molecular weight is 271 g/mol. The number of nitrogens with zero attached hydrogens (tertiary/aromatic N) is 3. The van der Waals surface area contributed by atoms with Gasteiger partial charge in [-0.3, -0.25) is 0 Å². The fourth-order valence-electron chi connectivity index (χ4n) is 1.66. The number of halogens is 2. The van der Waals surface area contributed by atoms with Crippen molar-refractivity contribution in [3.8, 4) is 0 Å². The Bertz CT molecular complexity index is 249. The molecule has 1 aliphatic rings. The van der Waals surface area contributed by atoms with E-state index in [4.69, 9.17) is 5.73 Å². The van der Waals surface area contributed by atoms with Crippen LogP contribution in [0.4, 0.5) is 5.13 Å². The van der Waals surface area contributed by atoms with Gasteiger partial charge in [0.1, 0.15) is 5.51 Å². The minimum atomic E-state index is 0. The highest BCUT2D eigenvalue weighted by atomic mass is 35.5. The van der Waals surface area contributed by atoms with Gasteiger partial charge >= 0.3 is 0 Å². The van der Waals surface area contributed by atoms with Gasteiger partial charge in [-0.15, -0.1) is 35.0 Å². The molecule has 1 aliphatic heterocycles. The average Bonchev–Trinajstić information content (AvgIpc) is 2.71. The lowest BCUT2D eigenvalue weighted by atomic mass is 9.98. The van der Waals surface area contributed by atoms with E-state index in [1.165, 1.54) is 12.8 Å². The lowest BCUT2D eigenvalue weighted by molar-refractivity contribution is 0.414. The molecular formula is C8H16Cl2N4S. The van der Waals surface area contributed by atoms with Crippen molar-refractivity contribution >= 4 is 41.3 Å². The van der Waals surface area contributed by atoms with Gasteiger partial charge in [0.2, 0.25) is 5.13 Å². The van der Waals surface area contributed by atoms with Crippen LogP contribution in [0.25, 0.3) is 0 Å². The van der Waals surface area contributed by atoms with Crippen molar-refractivity contribution in [1.82, 2.24) is 10.2 Å². The summed E-state index contributed by atoms with van der Waals surface area (Å²) >= 11 is 1.61. The third-order valence-corrected chi connectivity index (χ3v) is 3.32. The summed E-state index contributed by atoms with van der Waals surface area (Å²) in [5.41, 5.74) is 7.41. The fraction of sp³-hybridized carbons (Fsp3) is 0.750. The van der Waals surface area contributed by atoms with Crippen LogP contribution in [0.1, 0.15) is 12.8 Å². The Morgan fingerprint density at radius 3 is 2.53 bits per heavy atom. The van der Waals surface area contributed by atoms with Crippen LogP contribution in [-0.2, 0) is 0 Å². The highest BCUT2D eigenvalue weighted by molar-refractivity contribution is 7.13. The first kappa shape index (κ1) is 14.9. The van der Waals surface area contributed by atoms with Crippen LogP contribution in [0, 0.1) is 5.92 Å². The molecule has 0 amide bonds. The van der Waals surface area contributed by atoms with Gasteiger partial charge in [0.25, 0.3) is 0 Å². The molecule has 1 fully saturated rings. The van der Waals surface area contributed by atoms with E-state index < -0.39 is 0 Å². The van der Waals surface area contributed by atoms with E-state index in [0.717, 1.165) is 24.8 Å². The molecule has 7 heteroatoms. The number of rotatable bonds is 2. The maximum Gasteiger partial charge on any atom is 0.208 e. The van der Waals surface area contributed by atoms with Gasteiger partial charge in [0.15, 0.2) is 0 Å². The zero-order valence-corrected chi connectivity index (χ0v) is 10.8. The van der Waals surface area contributed by atoms with E-state index in [2.05, 4.69) is 15.1 Å². The summed E-state index contributed by atoms with van der Waals surface area (Å²) in [4.78, 5) is 2.30. The van der Waals surface area contributed by atoms with Crippen LogP contribution >= 0.6 is 36.2 Å². The van der Waals surface area contributed by atoms with E-state index >= 15 is 0 Å². The van der Waals surface area contributed by atoms with Gasteiger partial charge in [-0.2, -0.15) is 0 Å². The van der Waals surface area contributed by atoms with Gasteiger partial charge in [-0.1, -0.05) is 11.3 Å². The van der Waals surface area contributed by atoms with E-state index in [-0.39, 0.29) is 24.8 Å². The Morgan fingerprint density at radius 1 is 1.40 bits per heavy atom. The quantitative estimate of drug-likeness (QED) is 0.886. The number of aromatic nitrogens is 2. The molecule has 0 radical (unpaired) electrons. The van der Waals surface area contributed by atoms with Crippen molar-refractivity contribution in [1.29, 1.82) is 0 Å². The van der Waals surface area contributed by atoms with Gasteiger partial charge in [0, 0.05) is 13.1 Å². The Kier molecular flexibility index (Phi) is 7.17. The molecule has 88 valence electrons. The molecule has 1 saturated heterocycles. The van der Waals surface area contributed by atoms with Crippen LogP contribution in [0.3, 0.4) is 0 Å². The van der Waals surface area contributed by atoms with Gasteiger partial charge in [-0.05, 0) is 25.3 Å². The summed E-state index contributed by atoms with van der Waals surface area (Å²) in [5, 5.41) is 8.94. The van der Waals surface area contributed by atoms with Crippen molar-refractivity contribution in [2.24, 2.45) is 11.7 Å². The molecule has 2 heterocycles. The first-order valence-corrected chi connectivity index (χ1v) is 5.49. The second-order valence-electron chi connectivity index (χ2n) is 3.39. The van der Waals surface area contributed by atoms with Crippen molar-refractivity contribution in [3.05, 3.63) is 5.51 Å². The SMILES string of the molecule is Cl.Cl.NCC1CCN(c2nncs2)CC1. The van der Waals surface area contributed by atoms with Crippen molar-refractivity contribution in [3.63, 3.8) is 0 Å². The maximum absolute atomic E-state index is 5.62. The first-order valence-electron chi connectivity index (χ1n) is 4.61. The van der Waals surface area contributed by atoms with Crippen molar-refractivity contribution in [2.75, 3.05) is 24.5 Å². The topological polar surface area (TPSA) is 55.0 Å². The fourth-order valence-corrected chi connectivity index (χ4v) is 2.28. The molecule has 1 aromatic heterocycles. The predicted molar refractivity (Wildman–Crippen MR) is 68.4 cm³/mol. The summed E-state index contributed by atoms with van der Waals surface area (Å²) in [5.74, 6) is 0.712. The molecule has 15 heavy (non-hydrogen) atoms. The molecule has 0 aliphatic carbocycles. The predicted octanol–water partition coefficient (Wildman–Crippen LogP) is 1.56. The molecule has 0 unspecified atom stereocenters. The molecule has 0 bridgehead atoms. The smallest absolute Gasteiger partial charge is 0.208 e. The van der Waals surface area contributed by atoms with Crippen LogP contribution in [0.15, 0.2) is 5.51 Å². The highest BCUT2D eigenvalue weighted by Gasteiger charge is 2.19. The minimum Gasteiger partial charge on any atom is -0.347 e. The number of anilines is 1. The molecule has 0 aromatic carbocycles. The van der Waals surface area contributed by atoms with Crippen LogP contribution in [-0.4, -0.2) is 29.8 Å². The Morgan fingerprint density at radius 2 is 2.07 bits per heavy atom. The third kappa shape index (κ3) is 3.75. The normalized spacial score (nSPS) is 16.7. The Balaban J connectivity index is 0.000000980. The molecular weight excluding hydrogens is 255 g/mol. The lowest BCUT2D eigenvalue weighted by Gasteiger charge is -2.30. The zero-order valence-electron chi connectivity index (χ0n) is 8.33. The second kappa shape index (κ2) is 7.22. The third-order valence-electron chi connectivity index (χ3n) is 2.57. The van der Waals surface area contributed by atoms with Crippen LogP contribution in [0.5, 0.6) is 0 Å². The monoisotopic (exact) mass is 270 g/mol. The van der Waals surface area contributed by atoms with Crippen LogP contribution < -0.4 is 10.6 Å². The summed E-state index contributed by atoms with van der Waals surface area (Å²) in [6.07, 6.45) is 2.38. The maximum atomic E-state index is 5.62. The van der Waals surface area contributed by atoms with E-state index in [1.807, 2.05) is 0 Å². The molecule has 2 N–H and O–H groups in total. The van der Waals surface area contributed by atoms with E-state index in [1.54, 1.807) is 16.8 Å². The van der Waals surface area contributed by atoms with E-state index in [0.29, 0.717) is 5.92 Å². The van der Waals surface area contributed by atoms with E-state index in [9.17, 15) is 0 Å². The Labute approximate surface area is 106 Å². The summed E-state index contributed by atoms with van der Waals surface area (Å²) in [6.45, 7) is 2.98. The largest absolute Gasteiger partial charge is 0.347 e. The number of hydrogen-bond donors (Lipinski definition) is 1.